The summed E-state index contributed by atoms with van der Waals surface area (Å²) in [5, 5.41) is 5.38. The molecule has 0 fully saturated rings. The molecule has 0 saturated carbocycles. The van der Waals surface area contributed by atoms with E-state index >= 15 is 0 Å². The number of para-hydroxylation sites is 2. The van der Waals surface area contributed by atoms with E-state index in [0.29, 0.717) is 34.5 Å². The third-order valence-electron chi connectivity index (χ3n) is 4.51. The molecule has 0 atom stereocenters. The van der Waals surface area contributed by atoms with Crippen LogP contribution in [-0.4, -0.2) is 32.5 Å². The number of hydrogen-bond donors (Lipinski definition) is 1. The summed E-state index contributed by atoms with van der Waals surface area (Å²) in [4.78, 5) is 33.9. The van der Waals surface area contributed by atoms with E-state index in [1.54, 1.807) is 23.1 Å². The molecule has 0 saturated heterocycles. The lowest BCUT2D eigenvalue weighted by Gasteiger charge is -2.20. The highest BCUT2D eigenvalue weighted by molar-refractivity contribution is 5.86. The number of nitrogens with zero attached hydrogens (tertiary/aromatic N) is 3. The van der Waals surface area contributed by atoms with Crippen molar-refractivity contribution in [1.29, 1.82) is 0 Å². The number of hydrogen-bond acceptors (Lipinski definition) is 5. The molecule has 1 amide bonds. The first kappa shape index (κ1) is 17.0. The molecule has 0 bridgehead atoms. The number of rotatable bonds is 5. The monoisotopic (exact) mass is 362 g/mol. The molecule has 0 aliphatic rings. The first-order valence-electron chi connectivity index (χ1n) is 8.74. The minimum Gasteiger partial charge on any atom is -0.356 e. The van der Waals surface area contributed by atoms with Gasteiger partial charge in [-0.15, -0.1) is 0 Å². The van der Waals surface area contributed by atoms with E-state index in [2.05, 4.69) is 15.1 Å². The maximum Gasteiger partial charge on any atom is 0.258 e. The largest absolute Gasteiger partial charge is 0.356 e. The van der Waals surface area contributed by atoms with Gasteiger partial charge in [0, 0.05) is 11.9 Å². The molecule has 0 radical (unpaired) electrons. The van der Waals surface area contributed by atoms with Gasteiger partial charge < -0.3 is 14.4 Å². The molecule has 7 nitrogen and oxygen atoms in total. The van der Waals surface area contributed by atoms with Crippen LogP contribution in [0.2, 0.25) is 0 Å². The van der Waals surface area contributed by atoms with Gasteiger partial charge in [0.2, 0.25) is 5.91 Å². The molecule has 136 valence electrons. The van der Waals surface area contributed by atoms with Gasteiger partial charge in [0.25, 0.3) is 5.56 Å². The number of aromatic nitrogens is 3. The number of likely N-dealkylation sites (N-methyl/N-ethyl adjacent to an activating group) is 1. The molecule has 1 N–H and O–H groups in total. The zero-order chi connectivity index (χ0) is 18.8. The average molecular weight is 362 g/mol. The molecule has 7 heteroatoms. The first-order chi connectivity index (χ1) is 13.2. The smallest absolute Gasteiger partial charge is 0.258 e. The van der Waals surface area contributed by atoms with E-state index in [1.165, 1.54) is 0 Å². The minimum atomic E-state index is -0.207. The van der Waals surface area contributed by atoms with Crippen LogP contribution in [0.25, 0.3) is 21.9 Å². The molecule has 2 heterocycles. The SMILES string of the molecule is CCN(Cc1nc2ccccc2c(=O)[nH]1)C(=O)Cc1noc2ccccc12. The Bertz CT molecular complexity index is 1180. The summed E-state index contributed by atoms with van der Waals surface area (Å²) in [6.07, 6.45) is 0.128. The Labute approximate surface area is 154 Å². The van der Waals surface area contributed by atoms with Crippen LogP contribution in [0.15, 0.2) is 57.8 Å². The van der Waals surface area contributed by atoms with Crippen LogP contribution in [0.5, 0.6) is 0 Å². The van der Waals surface area contributed by atoms with E-state index in [0.717, 1.165) is 5.39 Å². The highest BCUT2D eigenvalue weighted by Crippen LogP contribution is 2.19. The third kappa shape index (κ3) is 3.31. The Kier molecular flexibility index (Phi) is 4.42. The molecule has 4 aromatic rings. The van der Waals surface area contributed by atoms with Crippen molar-refractivity contribution in [2.45, 2.75) is 19.9 Å². The van der Waals surface area contributed by atoms with Gasteiger partial charge in [0.1, 0.15) is 11.5 Å². The van der Waals surface area contributed by atoms with Gasteiger partial charge in [0.15, 0.2) is 5.58 Å². The lowest BCUT2D eigenvalue weighted by atomic mass is 10.1. The van der Waals surface area contributed by atoms with E-state index < -0.39 is 0 Å². The number of carbonyl (C=O) groups is 1. The predicted octanol–water partition coefficient (Wildman–Crippen LogP) is 2.66. The van der Waals surface area contributed by atoms with Gasteiger partial charge in [-0.25, -0.2) is 4.98 Å². The fraction of sp³-hybridized carbons (Fsp3) is 0.200. The predicted molar refractivity (Wildman–Crippen MR) is 101 cm³/mol. The second kappa shape index (κ2) is 7.03. The summed E-state index contributed by atoms with van der Waals surface area (Å²) in [6, 6.07) is 14.6. The normalized spacial score (nSPS) is 11.1. The molecule has 0 aliphatic carbocycles. The molecule has 2 aromatic heterocycles. The third-order valence-corrected chi connectivity index (χ3v) is 4.51. The van der Waals surface area contributed by atoms with Gasteiger partial charge in [-0.05, 0) is 31.2 Å². The zero-order valence-electron chi connectivity index (χ0n) is 14.8. The van der Waals surface area contributed by atoms with Crippen molar-refractivity contribution in [1.82, 2.24) is 20.0 Å². The molecule has 0 unspecified atom stereocenters. The van der Waals surface area contributed by atoms with Crippen LogP contribution in [0.1, 0.15) is 18.4 Å². The maximum absolute atomic E-state index is 12.8. The second-order valence-corrected chi connectivity index (χ2v) is 6.24. The molecule has 0 spiro atoms. The van der Waals surface area contributed by atoms with Gasteiger partial charge >= 0.3 is 0 Å². The second-order valence-electron chi connectivity index (χ2n) is 6.24. The van der Waals surface area contributed by atoms with E-state index in [1.807, 2.05) is 37.3 Å². The highest BCUT2D eigenvalue weighted by Gasteiger charge is 2.18. The van der Waals surface area contributed by atoms with Crippen molar-refractivity contribution >= 4 is 27.8 Å². The van der Waals surface area contributed by atoms with Crippen LogP contribution in [-0.2, 0) is 17.8 Å². The fourth-order valence-corrected chi connectivity index (χ4v) is 3.09. The lowest BCUT2D eigenvalue weighted by Crippen LogP contribution is -2.33. The number of aromatic amines is 1. The van der Waals surface area contributed by atoms with Crippen molar-refractivity contribution in [2.75, 3.05) is 6.54 Å². The Morgan fingerprint density at radius 2 is 1.85 bits per heavy atom. The van der Waals surface area contributed by atoms with E-state index in [9.17, 15) is 9.59 Å². The van der Waals surface area contributed by atoms with Gasteiger partial charge in [0.05, 0.1) is 23.9 Å². The Balaban J connectivity index is 1.57. The van der Waals surface area contributed by atoms with Crippen LogP contribution < -0.4 is 5.56 Å². The standard InChI is InChI=1S/C20H18N4O3/c1-2-24(12-18-21-15-9-5-3-8-14(15)20(26)22-18)19(25)11-16-13-7-4-6-10-17(13)27-23-16/h3-10H,2,11-12H2,1H3,(H,21,22,26). The number of carbonyl (C=O) groups excluding carboxylic acids is 1. The summed E-state index contributed by atoms with van der Waals surface area (Å²) in [7, 11) is 0. The summed E-state index contributed by atoms with van der Waals surface area (Å²) in [5.74, 6) is 0.353. The van der Waals surface area contributed by atoms with Crippen LogP contribution in [0.3, 0.4) is 0 Å². The Hall–Kier alpha value is -3.48. The highest BCUT2D eigenvalue weighted by atomic mass is 16.5. The summed E-state index contributed by atoms with van der Waals surface area (Å²) in [5.41, 5.74) is 1.67. The Morgan fingerprint density at radius 1 is 1.11 bits per heavy atom. The van der Waals surface area contributed by atoms with Gasteiger partial charge in [-0.1, -0.05) is 29.4 Å². The molecule has 27 heavy (non-hydrogen) atoms. The first-order valence-corrected chi connectivity index (χ1v) is 8.74. The molecule has 2 aromatic carbocycles. The van der Waals surface area contributed by atoms with Crippen molar-refractivity contribution in [3.05, 3.63) is 70.4 Å². The Morgan fingerprint density at radius 3 is 2.67 bits per heavy atom. The summed E-state index contributed by atoms with van der Waals surface area (Å²) >= 11 is 0. The number of nitrogens with one attached hydrogen (secondary N) is 1. The quantitative estimate of drug-likeness (QED) is 0.589. The summed E-state index contributed by atoms with van der Waals surface area (Å²) in [6.45, 7) is 2.61. The fourth-order valence-electron chi connectivity index (χ4n) is 3.09. The zero-order valence-corrected chi connectivity index (χ0v) is 14.8. The molecular formula is C20H18N4O3. The molecule has 4 rings (SSSR count). The summed E-state index contributed by atoms with van der Waals surface area (Å²) < 4.78 is 5.26. The number of H-pyrrole nitrogens is 1. The van der Waals surface area contributed by atoms with Crippen LogP contribution in [0, 0.1) is 0 Å². The molecular weight excluding hydrogens is 344 g/mol. The lowest BCUT2D eigenvalue weighted by molar-refractivity contribution is -0.131. The number of fused-ring (bicyclic) bond motifs is 2. The maximum atomic E-state index is 12.8. The van der Waals surface area contributed by atoms with Crippen LogP contribution >= 0.6 is 0 Å². The topological polar surface area (TPSA) is 92.1 Å². The van der Waals surface area contributed by atoms with Gasteiger partial charge in [-0.3, -0.25) is 9.59 Å². The number of amides is 1. The van der Waals surface area contributed by atoms with Crippen molar-refractivity contribution in [3.63, 3.8) is 0 Å². The minimum absolute atomic E-state index is 0.104. The molecule has 0 aliphatic heterocycles. The van der Waals surface area contributed by atoms with E-state index in [4.69, 9.17) is 4.52 Å². The van der Waals surface area contributed by atoms with Crippen molar-refractivity contribution < 1.29 is 9.32 Å². The van der Waals surface area contributed by atoms with Crippen LogP contribution in [0.4, 0.5) is 0 Å². The van der Waals surface area contributed by atoms with Crippen molar-refractivity contribution in [2.24, 2.45) is 0 Å². The van der Waals surface area contributed by atoms with Crippen molar-refractivity contribution in [3.8, 4) is 0 Å². The van der Waals surface area contributed by atoms with E-state index in [-0.39, 0.29) is 24.4 Å². The average Bonchev–Trinajstić information content (AvgIpc) is 3.09. The number of benzene rings is 2. The van der Waals surface area contributed by atoms with Gasteiger partial charge in [-0.2, -0.15) is 0 Å².